The zero-order valence-corrected chi connectivity index (χ0v) is 14.5. The molecule has 2 atom stereocenters. The molecule has 1 aromatic carbocycles. The van der Waals surface area contributed by atoms with Crippen molar-refractivity contribution in [3.63, 3.8) is 0 Å². The lowest BCUT2D eigenvalue weighted by Gasteiger charge is -2.25. The Kier molecular flexibility index (Phi) is 4.88. The highest BCUT2D eigenvalue weighted by Crippen LogP contribution is 2.30. The first kappa shape index (κ1) is 17.2. The number of rotatable bonds is 4. The van der Waals surface area contributed by atoms with Crippen molar-refractivity contribution >= 4 is 17.6 Å². The number of carboxylic acids is 1. The van der Waals surface area contributed by atoms with E-state index in [-0.39, 0.29) is 11.8 Å². The fraction of sp³-hybridized carbons (Fsp3) is 0.421. The second kappa shape index (κ2) is 7.09. The molecule has 0 radical (unpaired) electrons. The Bertz CT molecular complexity index is 797. The normalized spacial score (nSPS) is 20.2. The quantitative estimate of drug-likeness (QED) is 0.893. The van der Waals surface area contributed by atoms with Gasteiger partial charge >= 0.3 is 5.97 Å². The molecule has 1 heterocycles. The highest BCUT2D eigenvalue weighted by Gasteiger charge is 2.31. The molecule has 2 unspecified atom stereocenters. The summed E-state index contributed by atoms with van der Waals surface area (Å²) in [5.41, 5.74) is 3.55. The molecule has 1 saturated carbocycles. The smallest absolute Gasteiger partial charge is 0.306 e. The number of amides is 1. The maximum absolute atomic E-state index is 12.5. The molecule has 1 fully saturated rings. The van der Waals surface area contributed by atoms with Crippen molar-refractivity contribution in [3.05, 3.63) is 41.7 Å². The van der Waals surface area contributed by atoms with Gasteiger partial charge in [-0.25, -0.2) is 4.68 Å². The topological polar surface area (TPSA) is 84.2 Å². The van der Waals surface area contributed by atoms with E-state index in [2.05, 4.69) is 10.4 Å². The largest absolute Gasteiger partial charge is 0.481 e. The maximum atomic E-state index is 12.5. The Morgan fingerprint density at radius 1 is 1.20 bits per heavy atom. The van der Waals surface area contributed by atoms with E-state index in [0.29, 0.717) is 18.5 Å². The minimum atomic E-state index is -0.802. The summed E-state index contributed by atoms with van der Waals surface area (Å²) < 4.78 is 1.84. The van der Waals surface area contributed by atoms with Crippen LogP contribution in [0.15, 0.2) is 30.3 Å². The van der Waals surface area contributed by atoms with Crippen LogP contribution < -0.4 is 5.32 Å². The molecule has 132 valence electrons. The lowest BCUT2D eigenvalue weighted by molar-refractivity contribution is -0.143. The second-order valence-corrected chi connectivity index (χ2v) is 6.78. The Morgan fingerprint density at radius 2 is 1.96 bits per heavy atom. The van der Waals surface area contributed by atoms with Gasteiger partial charge in [-0.05, 0) is 57.4 Å². The van der Waals surface area contributed by atoms with Crippen LogP contribution >= 0.6 is 0 Å². The van der Waals surface area contributed by atoms with Gasteiger partial charge in [-0.1, -0.05) is 12.5 Å². The molecule has 6 heteroatoms. The van der Waals surface area contributed by atoms with Crippen LogP contribution in [0.4, 0.5) is 5.69 Å². The molecule has 6 nitrogen and oxygen atoms in total. The molecule has 3 rings (SSSR count). The van der Waals surface area contributed by atoms with Gasteiger partial charge in [0, 0.05) is 17.3 Å². The zero-order valence-electron chi connectivity index (χ0n) is 14.5. The van der Waals surface area contributed by atoms with E-state index in [9.17, 15) is 14.7 Å². The predicted molar refractivity (Wildman–Crippen MR) is 94.8 cm³/mol. The van der Waals surface area contributed by atoms with Crippen LogP contribution in [0.2, 0.25) is 0 Å². The third-order valence-corrected chi connectivity index (χ3v) is 4.76. The number of carbonyl (C=O) groups is 2. The minimum Gasteiger partial charge on any atom is -0.481 e. The first-order valence-corrected chi connectivity index (χ1v) is 8.61. The Labute approximate surface area is 146 Å². The number of hydrogen-bond acceptors (Lipinski definition) is 3. The van der Waals surface area contributed by atoms with Crippen molar-refractivity contribution < 1.29 is 14.7 Å². The van der Waals surface area contributed by atoms with Gasteiger partial charge in [0.2, 0.25) is 5.91 Å². The molecule has 2 aromatic rings. The van der Waals surface area contributed by atoms with E-state index in [1.54, 1.807) is 0 Å². The van der Waals surface area contributed by atoms with Crippen molar-refractivity contribution in [2.45, 2.75) is 39.5 Å². The number of anilines is 1. The molecule has 0 bridgehead atoms. The highest BCUT2D eigenvalue weighted by molar-refractivity contribution is 5.93. The number of carboxylic acid groups (broad SMARTS) is 1. The number of nitrogens with one attached hydrogen (secondary N) is 1. The van der Waals surface area contributed by atoms with Crippen molar-refractivity contribution in [1.82, 2.24) is 9.78 Å². The van der Waals surface area contributed by atoms with E-state index in [0.717, 1.165) is 29.9 Å². The SMILES string of the molecule is Cc1cc(C)n(-c2cccc(NC(=O)C3CCCC(C(=O)O)C3)c2)n1. The van der Waals surface area contributed by atoms with E-state index >= 15 is 0 Å². The van der Waals surface area contributed by atoms with Crippen LogP contribution in [-0.2, 0) is 9.59 Å². The van der Waals surface area contributed by atoms with E-state index < -0.39 is 11.9 Å². The average Bonchev–Trinajstić information content (AvgIpc) is 2.93. The molecule has 0 aliphatic heterocycles. The summed E-state index contributed by atoms with van der Waals surface area (Å²) in [4.78, 5) is 23.7. The number of aromatic nitrogens is 2. The molecular formula is C19H23N3O3. The Morgan fingerprint density at radius 3 is 2.64 bits per heavy atom. The molecule has 25 heavy (non-hydrogen) atoms. The van der Waals surface area contributed by atoms with Crippen LogP contribution in [-0.4, -0.2) is 26.8 Å². The van der Waals surface area contributed by atoms with Crippen molar-refractivity contribution in [1.29, 1.82) is 0 Å². The summed E-state index contributed by atoms with van der Waals surface area (Å²) >= 11 is 0. The third kappa shape index (κ3) is 3.90. The number of benzene rings is 1. The van der Waals surface area contributed by atoms with Crippen LogP contribution in [0, 0.1) is 25.7 Å². The number of nitrogens with zero attached hydrogens (tertiary/aromatic N) is 2. The molecule has 0 saturated heterocycles. The zero-order chi connectivity index (χ0) is 18.0. The number of aliphatic carboxylic acids is 1. The Hall–Kier alpha value is -2.63. The summed E-state index contributed by atoms with van der Waals surface area (Å²) in [6.45, 7) is 3.93. The van der Waals surface area contributed by atoms with E-state index in [4.69, 9.17) is 0 Å². The molecule has 1 aromatic heterocycles. The molecule has 2 N–H and O–H groups in total. The summed E-state index contributed by atoms with van der Waals surface area (Å²) in [6.07, 6.45) is 2.60. The lowest BCUT2D eigenvalue weighted by atomic mass is 9.81. The van der Waals surface area contributed by atoms with Gasteiger partial charge < -0.3 is 10.4 Å². The number of aryl methyl sites for hydroxylation is 2. The van der Waals surface area contributed by atoms with Gasteiger partial charge in [0.05, 0.1) is 17.3 Å². The molecule has 1 aliphatic rings. The lowest BCUT2D eigenvalue weighted by Crippen LogP contribution is -2.30. The summed E-state index contributed by atoms with van der Waals surface area (Å²) in [5, 5.41) is 16.6. The van der Waals surface area contributed by atoms with Crippen LogP contribution in [0.25, 0.3) is 5.69 Å². The fourth-order valence-corrected chi connectivity index (χ4v) is 3.50. The Balaban J connectivity index is 1.73. The van der Waals surface area contributed by atoms with Crippen molar-refractivity contribution in [2.75, 3.05) is 5.32 Å². The second-order valence-electron chi connectivity index (χ2n) is 6.78. The molecule has 1 aliphatic carbocycles. The summed E-state index contributed by atoms with van der Waals surface area (Å²) in [7, 11) is 0. The van der Waals surface area contributed by atoms with Crippen LogP contribution in [0.5, 0.6) is 0 Å². The van der Waals surface area contributed by atoms with Crippen LogP contribution in [0.3, 0.4) is 0 Å². The highest BCUT2D eigenvalue weighted by atomic mass is 16.4. The van der Waals surface area contributed by atoms with Gasteiger partial charge in [0.1, 0.15) is 0 Å². The standard InChI is InChI=1S/C19H23N3O3/c1-12-9-13(2)22(21-12)17-8-4-7-16(11-17)20-18(23)14-5-3-6-15(10-14)19(24)25/h4,7-9,11,14-15H,3,5-6,10H2,1-2H3,(H,20,23)(H,24,25). The predicted octanol–water partition coefficient (Wildman–Crippen LogP) is 3.32. The van der Waals surface area contributed by atoms with Gasteiger partial charge in [-0.2, -0.15) is 5.10 Å². The minimum absolute atomic E-state index is 0.100. The van der Waals surface area contributed by atoms with Crippen molar-refractivity contribution in [3.8, 4) is 5.69 Å². The summed E-state index contributed by atoms with van der Waals surface area (Å²) in [5.74, 6) is -1.56. The van der Waals surface area contributed by atoms with Gasteiger partial charge in [-0.15, -0.1) is 0 Å². The number of hydrogen-bond donors (Lipinski definition) is 2. The first-order valence-electron chi connectivity index (χ1n) is 8.61. The van der Waals surface area contributed by atoms with Gasteiger partial charge in [-0.3, -0.25) is 9.59 Å². The fourth-order valence-electron chi connectivity index (χ4n) is 3.50. The third-order valence-electron chi connectivity index (χ3n) is 4.76. The van der Waals surface area contributed by atoms with Gasteiger partial charge in [0.15, 0.2) is 0 Å². The van der Waals surface area contributed by atoms with Gasteiger partial charge in [0.25, 0.3) is 0 Å². The van der Waals surface area contributed by atoms with E-state index in [1.807, 2.05) is 48.9 Å². The van der Waals surface area contributed by atoms with Crippen molar-refractivity contribution in [2.24, 2.45) is 11.8 Å². The first-order chi connectivity index (χ1) is 11.9. The monoisotopic (exact) mass is 341 g/mol. The maximum Gasteiger partial charge on any atom is 0.306 e. The van der Waals surface area contributed by atoms with Crippen LogP contribution in [0.1, 0.15) is 37.1 Å². The molecular weight excluding hydrogens is 318 g/mol. The molecule has 0 spiro atoms. The number of carbonyl (C=O) groups excluding carboxylic acids is 1. The van der Waals surface area contributed by atoms with E-state index in [1.165, 1.54) is 0 Å². The molecule has 1 amide bonds. The summed E-state index contributed by atoms with van der Waals surface area (Å²) in [6, 6.07) is 9.54. The average molecular weight is 341 g/mol.